The lowest BCUT2D eigenvalue weighted by molar-refractivity contribution is -0.147. The van der Waals surface area contributed by atoms with Crippen LogP contribution in [0, 0.1) is 0 Å². The Kier molecular flexibility index (Phi) is 6.39. The highest BCUT2D eigenvalue weighted by Crippen LogP contribution is 2.13. The number of nitrogens with one attached hydrogen (secondary N) is 2. The van der Waals surface area contributed by atoms with Crippen LogP contribution in [0.25, 0.3) is 10.9 Å². The van der Waals surface area contributed by atoms with Crippen LogP contribution in [-0.2, 0) is 20.7 Å². The van der Waals surface area contributed by atoms with Crippen LogP contribution < -0.4 is 10.9 Å². The Morgan fingerprint density at radius 1 is 1.11 bits per heavy atom. The number of halogens is 1. The number of para-hydroxylation sites is 1. The summed E-state index contributed by atoms with van der Waals surface area (Å²) in [5.41, 5.74) is 0.974. The lowest BCUT2D eigenvalue weighted by Crippen LogP contribution is -2.20. The van der Waals surface area contributed by atoms with Crippen molar-refractivity contribution in [3.8, 4) is 0 Å². The molecule has 3 aromatic rings. The van der Waals surface area contributed by atoms with Crippen molar-refractivity contribution in [3.05, 3.63) is 69.7 Å². The minimum atomic E-state index is -0.491. The molecule has 7 nitrogen and oxygen atoms in total. The fourth-order valence-electron chi connectivity index (χ4n) is 2.60. The lowest BCUT2D eigenvalue weighted by Gasteiger charge is -2.07. The second kappa shape index (κ2) is 9.14. The number of fused-ring (bicyclic) bond motifs is 1. The average Bonchev–Trinajstić information content (AvgIpc) is 2.68. The number of benzene rings is 2. The van der Waals surface area contributed by atoms with E-state index >= 15 is 0 Å². The molecule has 28 heavy (non-hydrogen) atoms. The van der Waals surface area contributed by atoms with Gasteiger partial charge in [-0.1, -0.05) is 23.7 Å². The summed E-state index contributed by atoms with van der Waals surface area (Å²) in [6.07, 6.45) is 0.982. The summed E-state index contributed by atoms with van der Waals surface area (Å²) >= 11 is 5.77. The second-order valence-electron chi connectivity index (χ2n) is 6.10. The summed E-state index contributed by atoms with van der Waals surface area (Å²) in [6, 6.07) is 13.7. The molecule has 0 fully saturated rings. The van der Waals surface area contributed by atoms with E-state index in [0.717, 1.165) is 0 Å². The number of nitrogens with zero attached hydrogens (tertiary/aromatic N) is 1. The van der Waals surface area contributed by atoms with Crippen LogP contribution in [0.2, 0.25) is 5.02 Å². The minimum Gasteiger partial charge on any atom is -0.456 e. The summed E-state index contributed by atoms with van der Waals surface area (Å²) in [5.74, 6) is -0.414. The predicted molar refractivity (Wildman–Crippen MR) is 106 cm³/mol. The van der Waals surface area contributed by atoms with Crippen LogP contribution in [0.4, 0.5) is 5.69 Å². The van der Waals surface area contributed by atoms with Gasteiger partial charge in [-0.2, -0.15) is 0 Å². The molecule has 0 aliphatic rings. The summed E-state index contributed by atoms with van der Waals surface area (Å²) in [7, 11) is 0. The molecule has 2 N–H and O–H groups in total. The number of esters is 1. The Hall–Kier alpha value is -3.19. The third-order valence-electron chi connectivity index (χ3n) is 3.95. The molecule has 0 aliphatic heterocycles. The molecule has 1 heterocycles. The van der Waals surface area contributed by atoms with Crippen LogP contribution in [0.3, 0.4) is 0 Å². The molecule has 0 saturated heterocycles. The first kappa shape index (κ1) is 19.6. The number of amides is 1. The van der Waals surface area contributed by atoms with Gasteiger partial charge in [-0.25, -0.2) is 4.98 Å². The van der Waals surface area contributed by atoms with Crippen LogP contribution in [0.15, 0.2) is 53.3 Å². The number of carbonyl (C=O) groups excluding carboxylic acids is 2. The number of hydrogen-bond donors (Lipinski definition) is 2. The van der Waals surface area contributed by atoms with E-state index in [1.54, 1.807) is 42.5 Å². The molecule has 1 amide bonds. The van der Waals surface area contributed by atoms with Gasteiger partial charge in [0.2, 0.25) is 0 Å². The Bertz CT molecular complexity index is 1050. The van der Waals surface area contributed by atoms with E-state index in [1.807, 2.05) is 6.07 Å². The number of ether oxygens (including phenoxy) is 1. The zero-order chi connectivity index (χ0) is 19.9. The topological polar surface area (TPSA) is 101 Å². The van der Waals surface area contributed by atoms with Crippen molar-refractivity contribution >= 4 is 40.1 Å². The number of hydrogen-bond acceptors (Lipinski definition) is 5. The van der Waals surface area contributed by atoms with Crippen molar-refractivity contribution < 1.29 is 14.3 Å². The predicted octanol–water partition coefficient (Wildman–Crippen LogP) is 3.08. The Morgan fingerprint density at radius 2 is 1.86 bits per heavy atom. The number of aromatic amines is 1. The Balaban J connectivity index is 1.42. The number of carbonyl (C=O) groups is 2. The lowest BCUT2D eigenvalue weighted by atomic mass is 10.2. The molecule has 3 rings (SSSR count). The maximum Gasteiger partial charge on any atom is 0.306 e. The number of H-pyrrole nitrogens is 1. The van der Waals surface area contributed by atoms with Crippen LogP contribution >= 0.6 is 11.6 Å². The second-order valence-corrected chi connectivity index (χ2v) is 6.54. The summed E-state index contributed by atoms with van der Waals surface area (Å²) in [4.78, 5) is 42.7. The fraction of sp³-hybridized carbons (Fsp3) is 0.200. The van der Waals surface area contributed by atoms with Gasteiger partial charge < -0.3 is 15.0 Å². The van der Waals surface area contributed by atoms with Gasteiger partial charge in [-0.3, -0.25) is 14.4 Å². The summed E-state index contributed by atoms with van der Waals surface area (Å²) in [6.45, 7) is -0.369. The molecule has 0 radical (unpaired) electrons. The molecule has 0 unspecified atom stereocenters. The van der Waals surface area contributed by atoms with E-state index in [4.69, 9.17) is 16.3 Å². The first-order valence-corrected chi connectivity index (χ1v) is 9.08. The molecule has 2 aromatic carbocycles. The van der Waals surface area contributed by atoms with E-state index in [1.165, 1.54) is 0 Å². The van der Waals surface area contributed by atoms with Gasteiger partial charge in [-0.15, -0.1) is 0 Å². The number of aryl methyl sites for hydroxylation is 1. The van der Waals surface area contributed by atoms with E-state index in [0.29, 0.717) is 40.3 Å². The standard InChI is InChI=1S/C20H18ClN3O4/c21-13-8-10-14(11-9-13)22-18(25)12-28-19(26)7-3-6-17-23-16-5-2-1-4-15(16)20(27)24-17/h1-2,4-5,8-11H,3,6-7,12H2,(H,22,25)(H,23,24,27). The Morgan fingerprint density at radius 3 is 2.64 bits per heavy atom. The molecule has 0 aliphatic carbocycles. The number of anilines is 1. The molecule has 0 saturated carbocycles. The van der Waals surface area contributed by atoms with E-state index in [9.17, 15) is 14.4 Å². The van der Waals surface area contributed by atoms with Gasteiger partial charge in [0.25, 0.3) is 11.5 Å². The molecule has 144 valence electrons. The maximum atomic E-state index is 12.0. The first-order chi connectivity index (χ1) is 13.5. The third-order valence-corrected chi connectivity index (χ3v) is 4.20. The van der Waals surface area contributed by atoms with Gasteiger partial charge >= 0.3 is 5.97 Å². The molecule has 0 spiro atoms. The Labute approximate surface area is 165 Å². The summed E-state index contributed by atoms with van der Waals surface area (Å²) < 4.78 is 4.96. The smallest absolute Gasteiger partial charge is 0.306 e. The first-order valence-electron chi connectivity index (χ1n) is 8.70. The largest absolute Gasteiger partial charge is 0.456 e. The van der Waals surface area contributed by atoms with Gasteiger partial charge in [0, 0.05) is 23.6 Å². The molecule has 1 aromatic heterocycles. The van der Waals surface area contributed by atoms with Crippen LogP contribution in [0.1, 0.15) is 18.7 Å². The van der Waals surface area contributed by atoms with Gasteiger partial charge in [0.15, 0.2) is 6.61 Å². The van der Waals surface area contributed by atoms with E-state index in [-0.39, 0.29) is 18.6 Å². The average molecular weight is 400 g/mol. The van der Waals surface area contributed by atoms with Gasteiger partial charge in [-0.05, 0) is 42.8 Å². The van der Waals surface area contributed by atoms with Crippen molar-refractivity contribution in [2.75, 3.05) is 11.9 Å². The fourth-order valence-corrected chi connectivity index (χ4v) is 2.73. The van der Waals surface area contributed by atoms with Gasteiger partial charge in [0.05, 0.1) is 10.9 Å². The molecular formula is C20H18ClN3O4. The zero-order valence-corrected chi connectivity index (χ0v) is 15.7. The van der Waals surface area contributed by atoms with Crippen molar-refractivity contribution in [1.29, 1.82) is 0 Å². The van der Waals surface area contributed by atoms with Crippen LogP contribution in [0.5, 0.6) is 0 Å². The molecule has 8 heteroatoms. The SMILES string of the molecule is O=C(COC(=O)CCCc1nc2ccccc2c(=O)[nH]1)Nc1ccc(Cl)cc1. The highest BCUT2D eigenvalue weighted by Gasteiger charge is 2.09. The normalized spacial score (nSPS) is 10.6. The summed E-state index contributed by atoms with van der Waals surface area (Å²) in [5, 5.41) is 3.69. The molecular weight excluding hydrogens is 382 g/mol. The number of rotatable bonds is 7. The quantitative estimate of drug-likeness (QED) is 0.594. The third kappa shape index (κ3) is 5.40. The van der Waals surface area contributed by atoms with Crippen molar-refractivity contribution in [1.82, 2.24) is 9.97 Å². The highest BCUT2D eigenvalue weighted by molar-refractivity contribution is 6.30. The minimum absolute atomic E-state index is 0.116. The zero-order valence-electron chi connectivity index (χ0n) is 14.9. The van der Waals surface area contributed by atoms with Crippen molar-refractivity contribution in [2.24, 2.45) is 0 Å². The van der Waals surface area contributed by atoms with Gasteiger partial charge in [0.1, 0.15) is 5.82 Å². The van der Waals surface area contributed by atoms with Crippen molar-refractivity contribution in [2.45, 2.75) is 19.3 Å². The monoisotopic (exact) mass is 399 g/mol. The maximum absolute atomic E-state index is 12.0. The number of aromatic nitrogens is 2. The van der Waals surface area contributed by atoms with E-state index in [2.05, 4.69) is 15.3 Å². The van der Waals surface area contributed by atoms with Crippen LogP contribution in [-0.4, -0.2) is 28.5 Å². The molecule has 0 bridgehead atoms. The molecule has 0 atom stereocenters. The highest BCUT2D eigenvalue weighted by atomic mass is 35.5. The van der Waals surface area contributed by atoms with E-state index < -0.39 is 11.9 Å². The van der Waals surface area contributed by atoms with Crippen molar-refractivity contribution in [3.63, 3.8) is 0 Å².